The number of amides is 1. The average Bonchev–Trinajstić information content (AvgIpc) is 3.44. The normalized spacial score (nSPS) is 11.2. The van der Waals surface area contributed by atoms with E-state index >= 15 is 0 Å². The van der Waals surface area contributed by atoms with Gasteiger partial charge in [-0.05, 0) is 73.9 Å². The molecule has 2 aromatic carbocycles. The van der Waals surface area contributed by atoms with Gasteiger partial charge in [0.15, 0.2) is 0 Å². The standard InChI is InChI=1S/C25H20FN5O3S/c1-13-4-9-18(10-14(13)2)28-19(32)11-31-12-27-24-20(25(31)33)15(3)21(35-24)23-29-22(30-34-23)16-5-7-17(26)8-6-16/h4-10,12H,11H2,1-3H3,(H,28,32). The van der Waals surface area contributed by atoms with E-state index in [1.165, 1.54) is 34.4 Å². The Morgan fingerprint density at radius 2 is 1.89 bits per heavy atom. The molecule has 0 fully saturated rings. The van der Waals surface area contributed by atoms with Crippen LogP contribution in [0.2, 0.25) is 0 Å². The number of fused-ring (bicyclic) bond motifs is 1. The van der Waals surface area contributed by atoms with Crippen LogP contribution in [-0.2, 0) is 11.3 Å². The van der Waals surface area contributed by atoms with E-state index in [-0.39, 0.29) is 29.7 Å². The molecule has 10 heteroatoms. The summed E-state index contributed by atoms with van der Waals surface area (Å²) < 4.78 is 19.9. The van der Waals surface area contributed by atoms with Crippen LogP contribution in [0, 0.1) is 26.6 Å². The van der Waals surface area contributed by atoms with Crippen molar-refractivity contribution in [1.29, 1.82) is 0 Å². The Kier molecular flexibility index (Phi) is 5.73. The number of nitrogens with zero attached hydrogens (tertiary/aromatic N) is 4. The zero-order valence-corrected chi connectivity index (χ0v) is 19.9. The van der Waals surface area contributed by atoms with E-state index in [0.717, 1.165) is 11.1 Å². The molecule has 0 unspecified atom stereocenters. The molecule has 0 saturated carbocycles. The lowest BCUT2D eigenvalue weighted by Gasteiger charge is -2.09. The lowest BCUT2D eigenvalue weighted by atomic mass is 10.1. The van der Waals surface area contributed by atoms with Gasteiger partial charge in [-0.1, -0.05) is 11.2 Å². The average molecular weight is 490 g/mol. The summed E-state index contributed by atoms with van der Waals surface area (Å²) in [4.78, 5) is 35.7. The fraction of sp³-hybridized carbons (Fsp3) is 0.160. The van der Waals surface area contributed by atoms with E-state index in [9.17, 15) is 14.0 Å². The highest BCUT2D eigenvalue weighted by Crippen LogP contribution is 2.35. The van der Waals surface area contributed by atoms with Crippen LogP contribution in [0.4, 0.5) is 10.1 Å². The number of aromatic nitrogens is 4. The van der Waals surface area contributed by atoms with Gasteiger partial charge in [-0.2, -0.15) is 4.98 Å². The molecule has 176 valence electrons. The SMILES string of the molecule is Cc1ccc(NC(=O)Cn2cnc3sc(-c4nc(-c5ccc(F)cc5)no4)c(C)c3c2=O)cc1C. The summed E-state index contributed by atoms with van der Waals surface area (Å²) in [6.45, 7) is 5.57. The van der Waals surface area contributed by atoms with E-state index in [1.807, 2.05) is 32.0 Å². The van der Waals surface area contributed by atoms with Crippen molar-refractivity contribution < 1.29 is 13.7 Å². The van der Waals surface area contributed by atoms with E-state index < -0.39 is 0 Å². The number of benzene rings is 2. The Balaban J connectivity index is 1.42. The van der Waals surface area contributed by atoms with Crippen molar-refractivity contribution in [3.05, 3.63) is 81.7 Å². The van der Waals surface area contributed by atoms with Crippen LogP contribution in [0.15, 0.2) is 58.1 Å². The topological polar surface area (TPSA) is 103 Å². The number of carbonyl (C=O) groups excluding carboxylic acids is 1. The lowest BCUT2D eigenvalue weighted by molar-refractivity contribution is -0.116. The number of aryl methyl sites for hydroxylation is 3. The highest BCUT2D eigenvalue weighted by molar-refractivity contribution is 7.22. The molecule has 0 aliphatic carbocycles. The first-order valence-electron chi connectivity index (χ1n) is 10.8. The smallest absolute Gasteiger partial charge is 0.268 e. The number of hydrogen-bond acceptors (Lipinski definition) is 7. The van der Waals surface area contributed by atoms with E-state index in [1.54, 1.807) is 19.1 Å². The predicted octanol–water partition coefficient (Wildman–Crippen LogP) is 4.88. The van der Waals surface area contributed by atoms with Crippen LogP contribution in [-0.4, -0.2) is 25.6 Å². The first kappa shape index (κ1) is 22.6. The van der Waals surface area contributed by atoms with Crippen molar-refractivity contribution in [3.63, 3.8) is 0 Å². The molecular weight excluding hydrogens is 469 g/mol. The second-order valence-electron chi connectivity index (χ2n) is 8.19. The molecule has 0 atom stereocenters. The maximum Gasteiger partial charge on any atom is 0.268 e. The number of carbonyl (C=O) groups is 1. The van der Waals surface area contributed by atoms with Gasteiger partial charge in [0.1, 0.15) is 17.2 Å². The molecule has 35 heavy (non-hydrogen) atoms. The van der Waals surface area contributed by atoms with Crippen LogP contribution >= 0.6 is 11.3 Å². The highest BCUT2D eigenvalue weighted by Gasteiger charge is 2.21. The van der Waals surface area contributed by atoms with Gasteiger partial charge in [-0.15, -0.1) is 11.3 Å². The summed E-state index contributed by atoms with van der Waals surface area (Å²) in [6, 6.07) is 11.4. The summed E-state index contributed by atoms with van der Waals surface area (Å²) in [6.07, 6.45) is 1.36. The second-order valence-corrected chi connectivity index (χ2v) is 9.19. The zero-order chi connectivity index (χ0) is 24.7. The molecule has 5 rings (SSSR count). The number of hydrogen-bond donors (Lipinski definition) is 1. The third-order valence-electron chi connectivity index (χ3n) is 5.74. The summed E-state index contributed by atoms with van der Waals surface area (Å²) >= 11 is 1.25. The van der Waals surface area contributed by atoms with Crippen molar-refractivity contribution in [2.45, 2.75) is 27.3 Å². The van der Waals surface area contributed by atoms with E-state index in [4.69, 9.17) is 4.52 Å². The second kappa shape index (κ2) is 8.88. The van der Waals surface area contributed by atoms with Gasteiger partial charge >= 0.3 is 0 Å². The Hall–Kier alpha value is -4.18. The Labute approximate surface area is 203 Å². The number of rotatable bonds is 5. The summed E-state index contributed by atoms with van der Waals surface area (Å²) in [7, 11) is 0. The molecule has 0 bridgehead atoms. The van der Waals surface area contributed by atoms with Gasteiger partial charge < -0.3 is 9.84 Å². The van der Waals surface area contributed by atoms with Gasteiger partial charge in [-0.25, -0.2) is 9.37 Å². The molecule has 0 spiro atoms. The largest absolute Gasteiger partial charge is 0.333 e. The van der Waals surface area contributed by atoms with E-state index in [2.05, 4.69) is 20.4 Å². The van der Waals surface area contributed by atoms with Crippen LogP contribution in [0.5, 0.6) is 0 Å². The monoisotopic (exact) mass is 489 g/mol. The first-order valence-corrected chi connectivity index (χ1v) is 11.6. The maximum atomic E-state index is 13.2. The number of anilines is 1. The fourth-order valence-corrected chi connectivity index (χ4v) is 4.74. The molecule has 8 nitrogen and oxygen atoms in total. The minimum absolute atomic E-state index is 0.172. The minimum Gasteiger partial charge on any atom is -0.333 e. The Bertz CT molecular complexity index is 1640. The molecule has 3 aromatic heterocycles. The highest BCUT2D eigenvalue weighted by atomic mass is 32.1. The quantitative estimate of drug-likeness (QED) is 0.378. The molecule has 0 saturated heterocycles. The predicted molar refractivity (Wildman–Crippen MR) is 132 cm³/mol. The summed E-state index contributed by atoms with van der Waals surface area (Å²) in [5, 5.41) is 7.19. The molecule has 0 radical (unpaired) electrons. The van der Waals surface area contributed by atoms with Gasteiger partial charge in [-0.3, -0.25) is 14.2 Å². The summed E-state index contributed by atoms with van der Waals surface area (Å²) in [5.41, 5.74) is 3.78. The molecule has 0 aliphatic heterocycles. The Morgan fingerprint density at radius 3 is 2.63 bits per heavy atom. The minimum atomic E-state index is -0.358. The van der Waals surface area contributed by atoms with Crippen molar-refractivity contribution in [2.24, 2.45) is 0 Å². The number of nitrogens with one attached hydrogen (secondary N) is 1. The summed E-state index contributed by atoms with van der Waals surface area (Å²) in [5.74, 6) is -0.137. The third kappa shape index (κ3) is 4.35. The maximum absolute atomic E-state index is 13.2. The number of thiophene rings is 1. The van der Waals surface area contributed by atoms with Crippen LogP contribution < -0.4 is 10.9 Å². The van der Waals surface area contributed by atoms with Crippen molar-refractivity contribution in [3.8, 4) is 22.2 Å². The third-order valence-corrected chi connectivity index (χ3v) is 6.93. The first-order chi connectivity index (χ1) is 16.8. The number of halogens is 1. The molecule has 1 amide bonds. The van der Waals surface area contributed by atoms with E-state index in [0.29, 0.717) is 37.7 Å². The molecule has 5 aromatic rings. The molecular formula is C25H20FN5O3S. The van der Waals surface area contributed by atoms with Crippen LogP contribution in [0.25, 0.3) is 32.4 Å². The van der Waals surface area contributed by atoms with Crippen molar-refractivity contribution in [1.82, 2.24) is 19.7 Å². The Morgan fingerprint density at radius 1 is 1.11 bits per heavy atom. The van der Waals surface area contributed by atoms with Gasteiger partial charge in [0.2, 0.25) is 11.7 Å². The van der Waals surface area contributed by atoms with Crippen LogP contribution in [0.3, 0.4) is 0 Å². The van der Waals surface area contributed by atoms with Crippen molar-refractivity contribution in [2.75, 3.05) is 5.32 Å². The van der Waals surface area contributed by atoms with Gasteiger partial charge in [0.25, 0.3) is 11.4 Å². The fourth-order valence-electron chi connectivity index (χ4n) is 3.68. The molecule has 0 aliphatic rings. The lowest BCUT2D eigenvalue weighted by Crippen LogP contribution is -2.27. The van der Waals surface area contributed by atoms with Gasteiger partial charge in [0.05, 0.1) is 16.6 Å². The molecule has 1 N–H and O–H groups in total. The zero-order valence-electron chi connectivity index (χ0n) is 19.1. The van der Waals surface area contributed by atoms with Crippen LogP contribution in [0.1, 0.15) is 16.7 Å². The molecule has 3 heterocycles. The van der Waals surface area contributed by atoms with Crippen molar-refractivity contribution >= 4 is 33.1 Å². The van der Waals surface area contributed by atoms with Gasteiger partial charge in [0, 0.05) is 11.3 Å².